The van der Waals surface area contributed by atoms with E-state index in [1.165, 1.54) is 6.92 Å². The SMILES string of the molecule is C.CC(=O)[C@H](CCCCN=C(C)N)NC(=O)OCc1ccccc1.[3H]F. The summed E-state index contributed by atoms with van der Waals surface area (Å²) in [6.45, 7) is 4.01. The number of ether oxygens (including phenoxy) is 1. The molecule has 0 saturated heterocycles. The number of rotatable bonds is 9. The molecule has 1 amide bonds. The largest absolute Gasteiger partial charge is 0.445 e. The number of amides is 1. The Morgan fingerprint density at radius 2 is 1.92 bits per heavy atom. The molecule has 1 aromatic rings. The second-order valence-corrected chi connectivity index (χ2v) is 5.39. The molecular weight excluding hydrogens is 325 g/mol. The summed E-state index contributed by atoms with van der Waals surface area (Å²) >= 11 is 0. The average Bonchev–Trinajstić information content (AvgIpc) is 2.61. The molecule has 0 unspecified atom stereocenters. The third-order valence-electron chi connectivity index (χ3n) is 3.26. The first-order valence-electron chi connectivity index (χ1n) is 8.11. The first-order chi connectivity index (χ1) is 12.0. The van der Waals surface area contributed by atoms with Crippen LogP contribution in [0.25, 0.3) is 0 Å². The Bertz CT molecular complexity index is 538. The molecule has 1 rings (SSSR count). The topological polar surface area (TPSA) is 93.8 Å². The van der Waals surface area contributed by atoms with Gasteiger partial charge in [-0.25, -0.2) is 4.79 Å². The molecule has 0 bridgehead atoms. The van der Waals surface area contributed by atoms with Crippen LogP contribution in [-0.4, -0.2) is 31.7 Å². The fourth-order valence-corrected chi connectivity index (χ4v) is 2.00. The van der Waals surface area contributed by atoms with Crippen molar-refractivity contribution in [3.63, 3.8) is 0 Å². The van der Waals surface area contributed by atoms with Crippen LogP contribution in [0.5, 0.6) is 0 Å². The summed E-state index contributed by atoms with van der Waals surface area (Å²) < 4.78 is 18.1. The van der Waals surface area contributed by atoms with E-state index in [1.807, 2.05) is 30.3 Å². The van der Waals surface area contributed by atoms with Gasteiger partial charge in [-0.05, 0) is 38.7 Å². The van der Waals surface area contributed by atoms with E-state index in [-0.39, 0.29) is 19.8 Å². The molecule has 0 radical (unpaired) electrons. The van der Waals surface area contributed by atoms with Crippen molar-refractivity contribution in [3.05, 3.63) is 35.9 Å². The number of hydrogen-bond acceptors (Lipinski definition) is 4. The summed E-state index contributed by atoms with van der Waals surface area (Å²) in [5.41, 5.74) is 6.35. The predicted molar refractivity (Wildman–Crippen MR) is 99.5 cm³/mol. The second-order valence-electron chi connectivity index (χ2n) is 5.39. The number of hydrogen-bond donors (Lipinski definition) is 2. The molecule has 25 heavy (non-hydrogen) atoms. The van der Waals surface area contributed by atoms with Gasteiger partial charge in [0, 0.05) is 6.54 Å². The van der Waals surface area contributed by atoms with Gasteiger partial charge in [0.1, 0.15) is 6.61 Å². The van der Waals surface area contributed by atoms with Crippen LogP contribution in [-0.2, 0) is 16.1 Å². The van der Waals surface area contributed by atoms with Crippen molar-refractivity contribution in [3.8, 4) is 0 Å². The molecule has 0 aliphatic rings. The summed E-state index contributed by atoms with van der Waals surface area (Å²) in [6.07, 6.45) is 1.58. The van der Waals surface area contributed by atoms with Gasteiger partial charge in [0.15, 0.2) is 5.78 Å². The van der Waals surface area contributed by atoms with Crippen LogP contribution in [0.1, 0.15) is 46.1 Å². The monoisotopic (exact) mass is 357 g/mol. The van der Waals surface area contributed by atoms with Crippen LogP contribution < -0.4 is 11.1 Å². The standard InChI is InChI=1S/C17H25N3O3.CH4.FH/c1-13(21)16(10-6-7-11-19-14(2)18)20-17(22)23-12-15-8-4-3-5-9-15;;/h3-5,8-9,16H,6-7,10-12H2,1-2H3,(H2,18,19)(H,20,22);1H4;1H/t16-;;/m0../s1/i/hT. The van der Waals surface area contributed by atoms with Crippen LogP contribution in [0.2, 0.25) is 0 Å². The van der Waals surface area contributed by atoms with Crippen molar-refractivity contribution >= 4 is 17.7 Å². The van der Waals surface area contributed by atoms with E-state index in [0.717, 1.165) is 18.4 Å². The number of benzene rings is 1. The van der Waals surface area contributed by atoms with Gasteiger partial charge in [-0.3, -0.25) is 14.5 Å². The molecular formula is C18H30FN3O3. The highest BCUT2D eigenvalue weighted by atomic mass is 19.0. The molecule has 7 heteroatoms. The fraction of sp³-hybridized carbons (Fsp3) is 0.500. The Labute approximate surface area is 150 Å². The van der Waals surface area contributed by atoms with Crippen LogP contribution >= 0.6 is 0 Å². The number of aliphatic imine (C=N–C) groups is 1. The smallest absolute Gasteiger partial charge is 0.408 e. The van der Waals surface area contributed by atoms with Gasteiger partial charge in [0.05, 0.1) is 11.9 Å². The maximum atomic E-state index is 11.8. The Kier molecular flexibility index (Phi) is 12.6. The van der Waals surface area contributed by atoms with E-state index < -0.39 is 12.1 Å². The Hall–Kier alpha value is -2.44. The highest BCUT2D eigenvalue weighted by Gasteiger charge is 2.17. The fourth-order valence-electron chi connectivity index (χ4n) is 2.00. The molecule has 0 aliphatic heterocycles. The highest BCUT2D eigenvalue weighted by Crippen LogP contribution is 2.05. The minimum absolute atomic E-state index is 0. The lowest BCUT2D eigenvalue weighted by atomic mass is 10.1. The van der Waals surface area contributed by atoms with Gasteiger partial charge in [-0.2, -0.15) is 0 Å². The van der Waals surface area contributed by atoms with Gasteiger partial charge in [-0.1, -0.05) is 37.8 Å². The van der Waals surface area contributed by atoms with Crippen LogP contribution in [0.15, 0.2) is 35.3 Å². The van der Waals surface area contributed by atoms with Crippen LogP contribution in [0, 0.1) is 0 Å². The molecule has 0 fully saturated rings. The van der Waals surface area contributed by atoms with Crippen LogP contribution in [0.4, 0.5) is 9.51 Å². The van der Waals surface area contributed by atoms with Crippen molar-refractivity contribution in [1.29, 1.82) is 1.45 Å². The first kappa shape index (κ1) is 22.6. The second kappa shape index (κ2) is 13.9. The van der Waals surface area contributed by atoms with E-state index in [1.54, 1.807) is 6.92 Å². The average molecular weight is 357 g/mol. The van der Waals surface area contributed by atoms with Crippen molar-refractivity contribution < 1.29 is 19.0 Å². The van der Waals surface area contributed by atoms with Gasteiger partial charge in [0.2, 0.25) is 0 Å². The Balaban J connectivity index is 0. The normalized spacial score (nSPS) is 11.8. The van der Waals surface area contributed by atoms with E-state index in [4.69, 9.17) is 15.2 Å². The molecule has 3 N–H and O–H groups in total. The van der Waals surface area contributed by atoms with Crippen molar-refractivity contribution in [2.75, 3.05) is 6.54 Å². The molecule has 142 valence electrons. The maximum absolute atomic E-state index is 11.8. The number of amidine groups is 1. The van der Waals surface area contributed by atoms with E-state index in [9.17, 15) is 9.59 Å². The molecule has 0 aliphatic carbocycles. The number of halogens is 1. The minimum atomic E-state index is -0.579. The number of unbranched alkanes of at least 4 members (excludes halogenated alkanes) is 1. The number of nitrogens with two attached hydrogens (primary N) is 1. The predicted octanol–water partition coefficient (Wildman–Crippen LogP) is 3.21. The van der Waals surface area contributed by atoms with Gasteiger partial charge >= 0.3 is 6.09 Å². The quantitative estimate of drug-likeness (QED) is 0.403. The summed E-state index contributed by atoms with van der Waals surface area (Å²) in [4.78, 5) is 27.5. The van der Waals surface area contributed by atoms with Crippen LogP contribution in [0.3, 0.4) is 0 Å². The molecule has 1 aromatic carbocycles. The first-order valence-corrected chi connectivity index (χ1v) is 7.73. The zero-order valence-corrected chi connectivity index (χ0v) is 14.1. The lowest BCUT2D eigenvalue weighted by Gasteiger charge is -2.15. The summed E-state index contributed by atoms with van der Waals surface area (Å²) in [5, 5.41) is 2.62. The molecule has 6 nitrogen and oxygen atoms in total. The van der Waals surface area contributed by atoms with E-state index in [2.05, 4.69) is 11.8 Å². The number of carbonyl (C=O) groups excluding carboxylic acids is 2. The lowest BCUT2D eigenvalue weighted by molar-refractivity contribution is -0.119. The Morgan fingerprint density at radius 3 is 2.48 bits per heavy atom. The zero-order chi connectivity index (χ0) is 19.1. The van der Waals surface area contributed by atoms with Crippen molar-refractivity contribution in [1.82, 2.24) is 5.32 Å². The van der Waals surface area contributed by atoms with Gasteiger partial charge in [-0.15, -0.1) is 0 Å². The zero-order valence-electron chi connectivity index (χ0n) is 15.1. The van der Waals surface area contributed by atoms with Crippen molar-refractivity contribution in [2.24, 2.45) is 10.7 Å². The number of nitrogens with zero attached hydrogens (tertiary/aromatic N) is 1. The summed E-state index contributed by atoms with van der Waals surface area (Å²) in [6, 6.07) is 8.86. The van der Waals surface area contributed by atoms with E-state index >= 15 is 0 Å². The molecule has 0 spiro atoms. The minimum Gasteiger partial charge on any atom is -0.445 e. The number of nitrogens with one attached hydrogen (secondary N) is 1. The van der Waals surface area contributed by atoms with E-state index in [0.29, 0.717) is 18.8 Å². The number of ketones is 1. The third-order valence-corrected chi connectivity index (χ3v) is 3.26. The molecule has 0 aromatic heterocycles. The Morgan fingerprint density at radius 1 is 1.28 bits per heavy atom. The van der Waals surface area contributed by atoms with Gasteiger partial charge < -0.3 is 15.8 Å². The van der Waals surface area contributed by atoms with Crippen molar-refractivity contribution in [2.45, 2.75) is 53.2 Å². The summed E-state index contributed by atoms with van der Waals surface area (Å²) in [7, 11) is 0. The number of carbonyl (C=O) groups is 2. The van der Waals surface area contributed by atoms with Gasteiger partial charge in [0.25, 0.3) is 1.45 Å². The third kappa shape index (κ3) is 11.7. The maximum Gasteiger partial charge on any atom is 0.408 e. The highest BCUT2D eigenvalue weighted by molar-refractivity contribution is 5.85. The molecule has 1 atom stereocenters. The number of Topliss-reactive ketones (excluding diaryl/α,β-unsaturated/α-hetero) is 1. The number of alkyl carbamates (subject to hydrolysis) is 1. The lowest BCUT2D eigenvalue weighted by Crippen LogP contribution is -2.40. The molecule has 0 saturated carbocycles. The molecule has 0 heterocycles. The summed E-state index contributed by atoms with van der Waals surface area (Å²) in [5.74, 6) is 0.468.